The van der Waals surface area contributed by atoms with E-state index in [9.17, 15) is 9.90 Å². The first-order valence-corrected chi connectivity index (χ1v) is 6.55. The minimum absolute atomic E-state index is 0.101. The van der Waals surface area contributed by atoms with Gasteiger partial charge in [-0.25, -0.2) is 0 Å². The second-order valence-electron chi connectivity index (χ2n) is 4.63. The van der Waals surface area contributed by atoms with Crippen LogP contribution in [0.2, 0.25) is 0 Å². The van der Waals surface area contributed by atoms with Crippen molar-refractivity contribution in [3.63, 3.8) is 0 Å². The van der Waals surface area contributed by atoms with Crippen LogP contribution in [0.25, 0.3) is 10.1 Å². The summed E-state index contributed by atoms with van der Waals surface area (Å²) >= 11 is 1.68. The van der Waals surface area contributed by atoms with Crippen molar-refractivity contribution in [3.05, 3.63) is 34.7 Å². The van der Waals surface area contributed by atoms with E-state index in [0.717, 1.165) is 15.8 Å². The van der Waals surface area contributed by atoms with Gasteiger partial charge in [0.2, 0.25) is 0 Å². The molecule has 1 aromatic heterocycles. The first kappa shape index (κ1) is 12.1. The molecule has 0 bridgehead atoms. The number of carboxylic acids is 1. The number of rotatable bonds is 3. The Kier molecular flexibility index (Phi) is 3.20. The van der Waals surface area contributed by atoms with E-state index in [1.165, 1.54) is 4.70 Å². The second kappa shape index (κ2) is 4.49. The quantitative estimate of drug-likeness (QED) is 0.890. The van der Waals surface area contributed by atoms with Crippen LogP contribution in [-0.2, 0) is 4.79 Å². The molecule has 1 N–H and O–H groups in total. The Bertz CT molecular complexity index is 554. The van der Waals surface area contributed by atoms with Crippen molar-refractivity contribution in [1.82, 2.24) is 0 Å². The smallest absolute Gasteiger partial charge is 0.311 e. The van der Waals surface area contributed by atoms with E-state index < -0.39 is 11.9 Å². The minimum Gasteiger partial charge on any atom is -0.481 e. The van der Waals surface area contributed by atoms with Gasteiger partial charge in [-0.15, -0.1) is 11.3 Å². The lowest BCUT2D eigenvalue weighted by Crippen LogP contribution is -2.17. The minimum atomic E-state index is -0.730. The van der Waals surface area contributed by atoms with E-state index in [2.05, 4.69) is 6.07 Å². The Morgan fingerprint density at radius 2 is 1.94 bits per heavy atom. The lowest BCUT2D eigenvalue weighted by Gasteiger charge is -2.17. The molecule has 90 valence electrons. The van der Waals surface area contributed by atoms with Crippen molar-refractivity contribution in [2.45, 2.75) is 26.7 Å². The fraction of sp³-hybridized carbons (Fsp3) is 0.357. The first-order valence-electron chi connectivity index (χ1n) is 5.73. The molecule has 1 heterocycles. The van der Waals surface area contributed by atoms with E-state index in [1.54, 1.807) is 11.3 Å². The zero-order valence-electron chi connectivity index (χ0n) is 10.2. The SMILES string of the molecule is Cc1sc2ccccc2c1C(C(=O)O)C(C)C. The van der Waals surface area contributed by atoms with E-state index in [1.807, 2.05) is 39.0 Å². The highest BCUT2D eigenvalue weighted by atomic mass is 32.1. The molecule has 0 aliphatic rings. The third kappa shape index (κ3) is 2.07. The highest BCUT2D eigenvalue weighted by molar-refractivity contribution is 7.19. The molecule has 0 fully saturated rings. The van der Waals surface area contributed by atoms with Gasteiger partial charge in [-0.3, -0.25) is 4.79 Å². The maximum absolute atomic E-state index is 11.4. The number of fused-ring (bicyclic) bond motifs is 1. The summed E-state index contributed by atoms with van der Waals surface area (Å²) in [6.07, 6.45) is 0. The third-order valence-electron chi connectivity index (χ3n) is 3.06. The Morgan fingerprint density at radius 1 is 1.29 bits per heavy atom. The van der Waals surface area contributed by atoms with Crippen LogP contribution in [0.15, 0.2) is 24.3 Å². The van der Waals surface area contributed by atoms with Crippen molar-refractivity contribution in [2.24, 2.45) is 5.92 Å². The molecule has 0 radical (unpaired) electrons. The van der Waals surface area contributed by atoms with Crippen LogP contribution >= 0.6 is 11.3 Å². The molecule has 2 rings (SSSR count). The van der Waals surface area contributed by atoms with Gasteiger partial charge in [0.15, 0.2) is 0 Å². The van der Waals surface area contributed by atoms with Crippen molar-refractivity contribution in [2.75, 3.05) is 0 Å². The van der Waals surface area contributed by atoms with E-state index in [-0.39, 0.29) is 5.92 Å². The predicted octanol–water partition coefficient (Wildman–Crippen LogP) is 4.03. The van der Waals surface area contributed by atoms with E-state index >= 15 is 0 Å². The van der Waals surface area contributed by atoms with Crippen LogP contribution < -0.4 is 0 Å². The van der Waals surface area contributed by atoms with Crippen molar-refractivity contribution in [1.29, 1.82) is 0 Å². The molecule has 0 saturated carbocycles. The molecule has 2 nitrogen and oxygen atoms in total. The van der Waals surface area contributed by atoms with Gasteiger partial charge >= 0.3 is 5.97 Å². The summed E-state index contributed by atoms with van der Waals surface area (Å²) < 4.78 is 1.17. The number of hydrogen-bond acceptors (Lipinski definition) is 2. The number of aliphatic carboxylic acids is 1. The largest absolute Gasteiger partial charge is 0.481 e. The number of hydrogen-bond donors (Lipinski definition) is 1. The molecule has 2 aromatic rings. The molecule has 17 heavy (non-hydrogen) atoms. The van der Waals surface area contributed by atoms with Crippen LogP contribution in [0.1, 0.15) is 30.2 Å². The molecule has 0 amide bonds. The van der Waals surface area contributed by atoms with Gasteiger partial charge in [0.25, 0.3) is 0 Å². The predicted molar refractivity (Wildman–Crippen MR) is 71.8 cm³/mol. The van der Waals surface area contributed by atoms with Crippen LogP contribution in [0.4, 0.5) is 0 Å². The van der Waals surface area contributed by atoms with Gasteiger partial charge in [0.05, 0.1) is 5.92 Å². The number of carbonyl (C=O) groups is 1. The zero-order chi connectivity index (χ0) is 12.6. The van der Waals surface area contributed by atoms with Crippen LogP contribution in [0.5, 0.6) is 0 Å². The Balaban J connectivity index is 2.68. The molecule has 0 aliphatic carbocycles. The molecule has 3 heteroatoms. The van der Waals surface area contributed by atoms with E-state index in [4.69, 9.17) is 0 Å². The lowest BCUT2D eigenvalue weighted by molar-refractivity contribution is -0.139. The van der Waals surface area contributed by atoms with Crippen LogP contribution in [0, 0.1) is 12.8 Å². The fourth-order valence-electron chi connectivity index (χ4n) is 2.32. The summed E-state index contributed by atoms with van der Waals surface area (Å²) in [5.74, 6) is -1.04. The maximum atomic E-state index is 11.4. The maximum Gasteiger partial charge on any atom is 0.311 e. The highest BCUT2D eigenvalue weighted by Crippen LogP contribution is 2.38. The summed E-state index contributed by atoms with van der Waals surface area (Å²) in [4.78, 5) is 12.6. The third-order valence-corrected chi connectivity index (χ3v) is 4.17. The number of thiophene rings is 1. The van der Waals surface area contributed by atoms with Gasteiger partial charge in [-0.2, -0.15) is 0 Å². The summed E-state index contributed by atoms with van der Waals surface area (Å²) in [5.41, 5.74) is 0.994. The summed E-state index contributed by atoms with van der Waals surface area (Å²) in [5, 5.41) is 10.5. The van der Waals surface area contributed by atoms with Gasteiger partial charge in [-0.1, -0.05) is 32.0 Å². The topological polar surface area (TPSA) is 37.3 Å². The number of benzene rings is 1. The average molecular weight is 248 g/mol. The van der Waals surface area contributed by atoms with Crippen molar-refractivity contribution in [3.8, 4) is 0 Å². The number of carboxylic acid groups (broad SMARTS) is 1. The standard InChI is InChI=1S/C14H16O2S/c1-8(2)12(14(15)16)13-9(3)17-11-7-5-4-6-10(11)13/h4-8,12H,1-3H3,(H,15,16). The molecule has 1 aromatic carbocycles. The van der Waals surface area contributed by atoms with Gasteiger partial charge < -0.3 is 5.11 Å². The van der Waals surface area contributed by atoms with Crippen molar-refractivity contribution >= 4 is 27.4 Å². The zero-order valence-corrected chi connectivity index (χ0v) is 11.0. The second-order valence-corrected chi connectivity index (χ2v) is 5.88. The van der Waals surface area contributed by atoms with E-state index in [0.29, 0.717) is 0 Å². The molecule has 1 unspecified atom stereocenters. The van der Waals surface area contributed by atoms with Crippen molar-refractivity contribution < 1.29 is 9.90 Å². The summed E-state index contributed by atoms with van der Waals surface area (Å²) in [6, 6.07) is 8.03. The summed E-state index contributed by atoms with van der Waals surface area (Å²) in [7, 11) is 0. The number of aryl methyl sites for hydroxylation is 1. The monoisotopic (exact) mass is 248 g/mol. The van der Waals surface area contributed by atoms with Gasteiger partial charge in [0.1, 0.15) is 0 Å². The summed E-state index contributed by atoms with van der Waals surface area (Å²) in [6.45, 7) is 5.94. The fourth-order valence-corrected chi connectivity index (χ4v) is 3.43. The van der Waals surface area contributed by atoms with Gasteiger partial charge in [0, 0.05) is 9.58 Å². The lowest BCUT2D eigenvalue weighted by atomic mass is 9.87. The molecular weight excluding hydrogens is 232 g/mol. The highest BCUT2D eigenvalue weighted by Gasteiger charge is 2.28. The molecule has 0 aliphatic heterocycles. The van der Waals surface area contributed by atoms with Gasteiger partial charge in [-0.05, 0) is 29.9 Å². The Hall–Kier alpha value is -1.35. The molecular formula is C14H16O2S. The van der Waals surface area contributed by atoms with Crippen LogP contribution in [-0.4, -0.2) is 11.1 Å². The van der Waals surface area contributed by atoms with Crippen LogP contribution in [0.3, 0.4) is 0 Å². The molecule has 1 atom stereocenters. The normalized spacial score (nSPS) is 13.2. The first-order chi connectivity index (χ1) is 8.02. The molecule has 0 saturated heterocycles. The average Bonchev–Trinajstić information content (AvgIpc) is 2.55. The molecule has 0 spiro atoms. The Labute approximate surface area is 105 Å². The Morgan fingerprint density at radius 3 is 2.53 bits per heavy atom.